The quantitative estimate of drug-likeness (QED) is 0.650. The van der Waals surface area contributed by atoms with Crippen molar-refractivity contribution in [2.75, 3.05) is 16.8 Å². The number of nitrogens with one attached hydrogen (secondary N) is 1. The molecule has 0 aliphatic heterocycles. The number of carbonyl (C=O) groups excluding carboxylic acids is 1. The molecule has 18 heavy (non-hydrogen) atoms. The number of nitrogens with zero attached hydrogens (tertiary/aromatic N) is 2. The molecule has 0 aliphatic carbocycles. The molecule has 0 spiro atoms. The molecule has 0 bridgehead atoms. The lowest BCUT2D eigenvalue weighted by molar-refractivity contribution is -0.113. The summed E-state index contributed by atoms with van der Waals surface area (Å²) in [6, 6.07) is 7.20. The average molecular weight is 262 g/mol. The predicted molar refractivity (Wildman–Crippen MR) is 73.4 cm³/mol. The maximum absolute atomic E-state index is 11.7. The van der Waals surface area contributed by atoms with Gasteiger partial charge in [0.25, 0.3) is 0 Å². The minimum Gasteiger partial charge on any atom is -0.397 e. The fourth-order valence-corrected chi connectivity index (χ4v) is 2.14. The summed E-state index contributed by atoms with van der Waals surface area (Å²) >= 11 is 1.44. The summed E-state index contributed by atoms with van der Waals surface area (Å²) in [4.78, 5) is 12.7. The van der Waals surface area contributed by atoms with Gasteiger partial charge in [-0.15, -0.1) is 11.8 Å². The Balaban J connectivity index is 1.88. The minimum absolute atomic E-state index is 0.0817. The summed E-state index contributed by atoms with van der Waals surface area (Å²) in [5, 5.41) is 6.81. The van der Waals surface area contributed by atoms with Gasteiger partial charge in [0.2, 0.25) is 5.91 Å². The Hall–Kier alpha value is -1.95. The Morgan fingerprint density at radius 3 is 2.94 bits per heavy atom. The van der Waals surface area contributed by atoms with Crippen molar-refractivity contribution in [2.45, 2.75) is 4.90 Å². The smallest absolute Gasteiger partial charge is 0.234 e. The first-order valence-electron chi connectivity index (χ1n) is 5.41. The Bertz CT molecular complexity index is 553. The molecule has 0 aliphatic rings. The number of aryl methyl sites for hydroxylation is 1. The highest BCUT2D eigenvalue weighted by molar-refractivity contribution is 8.00. The van der Waals surface area contributed by atoms with Gasteiger partial charge in [-0.05, 0) is 12.1 Å². The summed E-state index contributed by atoms with van der Waals surface area (Å²) in [7, 11) is 1.84. The first-order chi connectivity index (χ1) is 8.65. The van der Waals surface area contributed by atoms with Crippen LogP contribution in [0.2, 0.25) is 0 Å². The fraction of sp³-hybridized carbons (Fsp3) is 0.167. The van der Waals surface area contributed by atoms with Crippen LogP contribution in [0.15, 0.2) is 41.6 Å². The topological polar surface area (TPSA) is 72.9 Å². The summed E-state index contributed by atoms with van der Waals surface area (Å²) < 4.78 is 1.70. The number of amides is 1. The van der Waals surface area contributed by atoms with Gasteiger partial charge in [0.15, 0.2) is 0 Å². The number of carbonyl (C=O) groups is 1. The van der Waals surface area contributed by atoms with Crippen molar-refractivity contribution in [1.82, 2.24) is 9.78 Å². The van der Waals surface area contributed by atoms with Gasteiger partial charge >= 0.3 is 0 Å². The molecule has 2 rings (SSSR count). The van der Waals surface area contributed by atoms with Gasteiger partial charge in [-0.2, -0.15) is 5.10 Å². The molecule has 3 N–H and O–H groups in total. The van der Waals surface area contributed by atoms with E-state index in [1.54, 1.807) is 23.0 Å². The summed E-state index contributed by atoms with van der Waals surface area (Å²) in [6.45, 7) is 0. The van der Waals surface area contributed by atoms with Crippen molar-refractivity contribution in [3.05, 3.63) is 36.7 Å². The lowest BCUT2D eigenvalue weighted by atomic mass is 10.3. The second-order valence-corrected chi connectivity index (χ2v) is 4.82. The second-order valence-electron chi connectivity index (χ2n) is 3.77. The third kappa shape index (κ3) is 3.27. The van der Waals surface area contributed by atoms with Gasteiger partial charge in [0, 0.05) is 18.1 Å². The molecule has 0 saturated heterocycles. The van der Waals surface area contributed by atoms with Crippen LogP contribution < -0.4 is 11.1 Å². The molecule has 0 radical (unpaired) electrons. The van der Waals surface area contributed by atoms with Crippen LogP contribution in [-0.2, 0) is 11.8 Å². The number of benzene rings is 1. The minimum atomic E-state index is -0.0817. The molecule has 5 nitrogen and oxygen atoms in total. The van der Waals surface area contributed by atoms with Crippen molar-refractivity contribution in [1.29, 1.82) is 0 Å². The molecule has 1 aromatic heterocycles. The molecule has 1 amide bonds. The standard InChI is InChI=1S/C12H14N4OS/c1-16-7-9(6-14-16)18-8-12(17)15-11-5-3-2-4-10(11)13/h2-7H,8,13H2,1H3,(H,15,17). The van der Waals surface area contributed by atoms with Gasteiger partial charge < -0.3 is 11.1 Å². The van der Waals surface area contributed by atoms with E-state index in [1.165, 1.54) is 11.8 Å². The molecule has 0 saturated carbocycles. The number of nitrogen functional groups attached to an aromatic ring is 1. The molecule has 1 aromatic carbocycles. The van der Waals surface area contributed by atoms with E-state index in [4.69, 9.17) is 5.73 Å². The summed E-state index contributed by atoms with van der Waals surface area (Å²) in [5.74, 6) is 0.252. The number of anilines is 2. The molecule has 0 unspecified atom stereocenters. The van der Waals surface area contributed by atoms with Gasteiger partial charge in [-0.1, -0.05) is 12.1 Å². The van der Waals surface area contributed by atoms with Crippen molar-refractivity contribution in [3.63, 3.8) is 0 Å². The third-order valence-electron chi connectivity index (χ3n) is 2.29. The van der Waals surface area contributed by atoms with Crippen molar-refractivity contribution in [2.24, 2.45) is 7.05 Å². The first-order valence-corrected chi connectivity index (χ1v) is 6.39. The van der Waals surface area contributed by atoms with E-state index in [0.29, 0.717) is 17.1 Å². The van der Waals surface area contributed by atoms with Gasteiger partial charge in [0.1, 0.15) is 0 Å². The zero-order valence-corrected chi connectivity index (χ0v) is 10.8. The maximum atomic E-state index is 11.7. The van der Waals surface area contributed by atoms with Gasteiger partial charge in [0.05, 0.1) is 23.3 Å². The molecule has 0 fully saturated rings. The number of para-hydroxylation sites is 2. The number of hydrogen-bond donors (Lipinski definition) is 2. The molecule has 1 heterocycles. The van der Waals surface area contributed by atoms with Crippen LogP contribution in [-0.4, -0.2) is 21.4 Å². The lowest BCUT2D eigenvalue weighted by Crippen LogP contribution is -2.14. The molecule has 94 valence electrons. The van der Waals surface area contributed by atoms with Crippen LogP contribution in [0.1, 0.15) is 0 Å². The third-order valence-corrected chi connectivity index (χ3v) is 3.24. The van der Waals surface area contributed by atoms with Crippen LogP contribution in [0.4, 0.5) is 11.4 Å². The van der Waals surface area contributed by atoms with Crippen LogP contribution in [0, 0.1) is 0 Å². The monoisotopic (exact) mass is 262 g/mol. The maximum Gasteiger partial charge on any atom is 0.234 e. The lowest BCUT2D eigenvalue weighted by Gasteiger charge is -2.06. The van der Waals surface area contributed by atoms with Crippen LogP contribution in [0.3, 0.4) is 0 Å². The molecular weight excluding hydrogens is 248 g/mol. The Labute approximate surface area is 109 Å². The molecular formula is C12H14N4OS. The summed E-state index contributed by atoms with van der Waals surface area (Å²) in [5.41, 5.74) is 6.96. The van der Waals surface area contributed by atoms with Crippen molar-refractivity contribution in [3.8, 4) is 0 Å². The second kappa shape index (κ2) is 5.59. The fourth-order valence-electron chi connectivity index (χ4n) is 1.42. The largest absolute Gasteiger partial charge is 0.397 e. The Morgan fingerprint density at radius 1 is 1.50 bits per heavy atom. The van der Waals surface area contributed by atoms with E-state index in [0.717, 1.165) is 4.90 Å². The molecule has 0 atom stereocenters. The van der Waals surface area contributed by atoms with E-state index < -0.39 is 0 Å². The highest BCUT2D eigenvalue weighted by Gasteiger charge is 2.06. The zero-order valence-electron chi connectivity index (χ0n) is 9.96. The number of thioether (sulfide) groups is 1. The number of rotatable bonds is 4. The van der Waals surface area contributed by atoms with E-state index in [2.05, 4.69) is 10.4 Å². The molecule has 6 heteroatoms. The Kier molecular flexibility index (Phi) is 3.88. The van der Waals surface area contributed by atoms with Crippen LogP contribution in [0.5, 0.6) is 0 Å². The van der Waals surface area contributed by atoms with Gasteiger partial charge in [-0.25, -0.2) is 0 Å². The highest BCUT2D eigenvalue weighted by atomic mass is 32.2. The van der Waals surface area contributed by atoms with Crippen LogP contribution >= 0.6 is 11.8 Å². The SMILES string of the molecule is Cn1cc(SCC(=O)Nc2ccccc2N)cn1. The normalized spacial score (nSPS) is 10.3. The average Bonchev–Trinajstić information content (AvgIpc) is 2.76. The highest BCUT2D eigenvalue weighted by Crippen LogP contribution is 2.19. The number of nitrogens with two attached hydrogens (primary N) is 1. The zero-order chi connectivity index (χ0) is 13.0. The number of aromatic nitrogens is 2. The van der Waals surface area contributed by atoms with E-state index in [1.807, 2.05) is 25.4 Å². The summed E-state index contributed by atoms with van der Waals surface area (Å²) in [6.07, 6.45) is 3.60. The van der Waals surface area contributed by atoms with E-state index in [9.17, 15) is 4.79 Å². The van der Waals surface area contributed by atoms with Crippen molar-refractivity contribution >= 4 is 29.0 Å². The number of hydrogen-bond acceptors (Lipinski definition) is 4. The van der Waals surface area contributed by atoms with Gasteiger partial charge in [-0.3, -0.25) is 9.48 Å². The first kappa shape index (κ1) is 12.5. The Morgan fingerprint density at radius 2 is 2.28 bits per heavy atom. The van der Waals surface area contributed by atoms with Crippen molar-refractivity contribution < 1.29 is 4.79 Å². The molecule has 2 aromatic rings. The van der Waals surface area contributed by atoms with E-state index in [-0.39, 0.29) is 5.91 Å². The predicted octanol–water partition coefficient (Wildman–Crippen LogP) is 1.73. The van der Waals surface area contributed by atoms with Crippen LogP contribution in [0.25, 0.3) is 0 Å². The van der Waals surface area contributed by atoms with E-state index >= 15 is 0 Å².